The second-order valence-corrected chi connectivity index (χ2v) is 6.11. The Bertz CT molecular complexity index is 707. The van der Waals surface area contributed by atoms with Crippen LogP contribution in [0.2, 0.25) is 0 Å². The van der Waals surface area contributed by atoms with E-state index >= 15 is 0 Å². The largest absolute Gasteiger partial charge is 0.480 e. The van der Waals surface area contributed by atoms with Gasteiger partial charge in [-0.05, 0) is 12.3 Å². The number of fused-ring (bicyclic) bond motifs is 1. The van der Waals surface area contributed by atoms with Gasteiger partial charge in [0.15, 0.2) is 0 Å². The number of hydrogen-bond donors (Lipinski definition) is 2. The lowest BCUT2D eigenvalue weighted by molar-refractivity contribution is -0.140. The Morgan fingerprint density at radius 3 is 2.81 bits per heavy atom. The first-order chi connectivity index (χ1) is 9.92. The number of nitrogens with one attached hydrogen (secondary N) is 1. The van der Waals surface area contributed by atoms with E-state index in [0.717, 1.165) is 11.4 Å². The second-order valence-electron chi connectivity index (χ2n) is 5.07. The summed E-state index contributed by atoms with van der Waals surface area (Å²) < 4.78 is 1.28. The summed E-state index contributed by atoms with van der Waals surface area (Å²) in [4.78, 5) is 28.0. The summed E-state index contributed by atoms with van der Waals surface area (Å²) in [6.45, 7) is 5.85. The third-order valence-corrected chi connectivity index (χ3v) is 4.13. The molecule has 7 nitrogen and oxygen atoms in total. The molecule has 0 aliphatic carbocycles. The van der Waals surface area contributed by atoms with Gasteiger partial charge in [0, 0.05) is 12.6 Å². The van der Waals surface area contributed by atoms with Crippen molar-refractivity contribution in [2.24, 2.45) is 5.92 Å². The fraction of sp³-hybridized carbons (Fsp3) is 0.538. The number of carbonyl (C=O) groups is 1. The van der Waals surface area contributed by atoms with Crippen LogP contribution in [0.1, 0.15) is 31.5 Å². The number of aromatic nitrogens is 3. The van der Waals surface area contributed by atoms with Crippen molar-refractivity contribution >= 4 is 22.3 Å². The van der Waals surface area contributed by atoms with Crippen LogP contribution in [0.25, 0.3) is 4.96 Å². The molecule has 0 saturated heterocycles. The molecule has 0 bridgehead atoms. The SMILES string of the molecule is CCc1nn2c(=O)cc(CNC(C(=O)O)C(C)C)nc2s1. The molecule has 0 amide bonds. The highest BCUT2D eigenvalue weighted by Crippen LogP contribution is 2.12. The van der Waals surface area contributed by atoms with Gasteiger partial charge in [0.05, 0.1) is 5.69 Å². The van der Waals surface area contributed by atoms with Crippen LogP contribution in [0, 0.1) is 5.92 Å². The number of carboxylic acid groups (broad SMARTS) is 1. The summed E-state index contributed by atoms with van der Waals surface area (Å²) in [5, 5.41) is 17.1. The van der Waals surface area contributed by atoms with Crippen LogP contribution in [0.3, 0.4) is 0 Å². The van der Waals surface area contributed by atoms with E-state index in [0.29, 0.717) is 10.7 Å². The molecule has 21 heavy (non-hydrogen) atoms. The van der Waals surface area contributed by atoms with E-state index in [1.807, 2.05) is 20.8 Å². The van der Waals surface area contributed by atoms with Gasteiger partial charge in [0.25, 0.3) is 5.56 Å². The Morgan fingerprint density at radius 1 is 1.52 bits per heavy atom. The van der Waals surface area contributed by atoms with Crippen molar-refractivity contribution in [2.75, 3.05) is 0 Å². The van der Waals surface area contributed by atoms with Gasteiger partial charge in [-0.3, -0.25) is 14.9 Å². The highest BCUT2D eigenvalue weighted by Gasteiger charge is 2.21. The molecule has 2 aromatic rings. The third-order valence-electron chi connectivity index (χ3n) is 3.08. The summed E-state index contributed by atoms with van der Waals surface area (Å²) in [5.74, 6) is -0.962. The van der Waals surface area contributed by atoms with Crippen LogP contribution in [0.15, 0.2) is 10.9 Å². The Labute approximate surface area is 125 Å². The number of nitrogens with zero attached hydrogens (tertiary/aromatic N) is 3. The summed E-state index contributed by atoms with van der Waals surface area (Å²) in [7, 11) is 0. The Morgan fingerprint density at radius 2 is 2.24 bits per heavy atom. The minimum atomic E-state index is -0.908. The van der Waals surface area contributed by atoms with Crippen LogP contribution in [-0.2, 0) is 17.8 Å². The van der Waals surface area contributed by atoms with Crippen molar-refractivity contribution in [3.05, 3.63) is 27.1 Å². The maximum atomic E-state index is 12.0. The van der Waals surface area contributed by atoms with Gasteiger partial charge in [-0.25, -0.2) is 4.98 Å². The number of aryl methyl sites for hydroxylation is 1. The van der Waals surface area contributed by atoms with Gasteiger partial charge in [0.1, 0.15) is 11.0 Å². The maximum absolute atomic E-state index is 12.0. The molecule has 114 valence electrons. The van der Waals surface area contributed by atoms with Gasteiger partial charge in [0.2, 0.25) is 4.96 Å². The van der Waals surface area contributed by atoms with Crippen LogP contribution in [0.5, 0.6) is 0 Å². The van der Waals surface area contributed by atoms with Crippen molar-refractivity contribution in [1.82, 2.24) is 19.9 Å². The van der Waals surface area contributed by atoms with Crippen molar-refractivity contribution in [2.45, 2.75) is 39.8 Å². The summed E-state index contributed by atoms with van der Waals surface area (Å²) in [5.41, 5.74) is 0.280. The molecule has 2 rings (SSSR count). The van der Waals surface area contributed by atoms with E-state index in [1.54, 1.807) is 0 Å². The van der Waals surface area contributed by atoms with Crippen LogP contribution < -0.4 is 10.9 Å². The molecule has 1 unspecified atom stereocenters. The van der Waals surface area contributed by atoms with E-state index in [2.05, 4.69) is 15.4 Å². The van der Waals surface area contributed by atoms with Gasteiger partial charge in [-0.1, -0.05) is 32.1 Å². The lowest BCUT2D eigenvalue weighted by Gasteiger charge is -2.17. The Kier molecular flexibility index (Phi) is 4.69. The van der Waals surface area contributed by atoms with Gasteiger partial charge in [-0.15, -0.1) is 0 Å². The molecule has 0 aliphatic heterocycles. The molecule has 0 fully saturated rings. The molecule has 0 saturated carbocycles. The van der Waals surface area contributed by atoms with Crippen LogP contribution in [0.4, 0.5) is 0 Å². The molecule has 0 radical (unpaired) electrons. The number of rotatable bonds is 6. The topological polar surface area (TPSA) is 96.6 Å². The first-order valence-corrected chi connectivity index (χ1v) is 7.59. The quantitative estimate of drug-likeness (QED) is 0.823. The third kappa shape index (κ3) is 3.45. The highest BCUT2D eigenvalue weighted by molar-refractivity contribution is 7.16. The average Bonchev–Trinajstić information content (AvgIpc) is 2.81. The van der Waals surface area contributed by atoms with E-state index in [-0.39, 0.29) is 18.0 Å². The van der Waals surface area contributed by atoms with E-state index in [4.69, 9.17) is 5.11 Å². The predicted molar refractivity (Wildman–Crippen MR) is 79.6 cm³/mol. The van der Waals surface area contributed by atoms with Crippen molar-refractivity contribution in [3.63, 3.8) is 0 Å². The van der Waals surface area contributed by atoms with Gasteiger partial charge in [-0.2, -0.15) is 9.61 Å². The molecule has 2 N–H and O–H groups in total. The second kappa shape index (κ2) is 6.31. The highest BCUT2D eigenvalue weighted by atomic mass is 32.1. The fourth-order valence-corrected chi connectivity index (χ4v) is 2.81. The minimum absolute atomic E-state index is 0.0533. The Hall–Kier alpha value is -1.80. The van der Waals surface area contributed by atoms with Crippen molar-refractivity contribution < 1.29 is 9.90 Å². The van der Waals surface area contributed by atoms with E-state index in [1.165, 1.54) is 21.9 Å². The standard InChI is InChI=1S/C13H18N4O3S/c1-4-9-16-17-10(18)5-8(15-13(17)21-9)6-14-11(7(2)3)12(19)20/h5,7,11,14H,4,6H2,1-3H3,(H,19,20). The zero-order valence-electron chi connectivity index (χ0n) is 12.2. The molecule has 0 aliphatic rings. The van der Waals surface area contributed by atoms with E-state index < -0.39 is 12.0 Å². The molecule has 8 heteroatoms. The molecular weight excluding hydrogens is 292 g/mol. The van der Waals surface area contributed by atoms with Crippen molar-refractivity contribution in [1.29, 1.82) is 0 Å². The zero-order chi connectivity index (χ0) is 15.6. The first-order valence-electron chi connectivity index (χ1n) is 6.77. The van der Waals surface area contributed by atoms with Crippen LogP contribution in [-0.4, -0.2) is 31.7 Å². The number of aliphatic carboxylic acids is 1. The maximum Gasteiger partial charge on any atom is 0.320 e. The molecule has 2 heterocycles. The smallest absolute Gasteiger partial charge is 0.320 e. The predicted octanol–water partition coefficient (Wildman–Crippen LogP) is 0.912. The lowest BCUT2D eigenvalue weighted by Crippen LogP contribution is -2.40. The first kappa shape index (κ1) is 15.6. The lowest BCUT2D eigenvalue weighted by atomic mass is 10.0. The normalized spacial score (nSPS) is 13.0. The number of hydrogen-bond acceptors (Lipinski definition) is 6. The average molecular weight is 310 g/mol. The molecule has 2 aromatic heterocycles. The van der Waals surface area contributed by atoms with Crippen LogP contribution >= 0.6 is 11.3 Å². The molecular formula is C13H18N4O3S. The monoisotopic (exact) mass is 310 g/mol. The van der Waals surface area contributed by atoms with Gasteiger partial charge >= 0.3 is 5.97 Å². The van der Waals surface area contributed by atoms with Crippen molar-refractivity contribution in [3.8, 4) is 0 Å². The zero-order valence-corrected chi connectivity index (χ0v) is 13.0. The summed E-state index contributed by atoms with van der Waals surface area (Å²) >= 11 is 1.37. The summed E-state index contributed by atoms with van der Waals surface area (Å²) in [6, 6.07) is 0.719. The summed E-state index contributed by atoms with van der Waals surface area (Å²) in [6.07, 6.45) is 0.746. The molecule has 0 spiro atoms. The molecule has 1 atom stereocenters. The number of carboxylic acids is 1. The fourth-order valence-electron chi connectivity index (χ4n) is 1.95. The van der Waals surface area contributed by atoms with Gasteiger partial charge < -0.3 is 5.11 Å². The molecule has 0 aromatic carbocycles. The minimum Gasteiger partial charge on any atom is -0.480 e. The Balaban J connectivity index is 2.23. The van der Waals surface area contributed by atoms with E-state index in [9.17, 15) is 9.59 Å².